The van der Waals surface area contributed by atoms with E-state index in [1.54, 1.807) is 24.3 Å². The summed E-state index contributed by atoms with van der Waals surface area (Å²) in [6.07, 6.45) is -0.156. The summed E-state index contributed by atoms with van der Waals surface area (Å²) >= 11 is 12.0. The van der Waals surface area contributed by atoms with Crippen molar-refractivity contribution in [3.8, 4) is 0 Å². The van der Waals surface area contributed by atoms with Crippen LogP contribution in [0.2, 0.25) is 10.2 Å². The first-order chi connectivity index (χ1) is 14.6. The van der Waals surface area contributed by atoms with Crippen LogP contribution in [-0.2, 0) is 0 Å². The van der Waals surface area contributed by atoms with Gasteiger partial charge in [-0.1, -0.05) is 35.3 Å². The van der Waals surface area contributed by atoms with Crippen LogP contribution in [0.3, 0.4) is 0 Å². The van der Waals surface area contributed by atoms with E-state index in [4.69, 9.17) is 28.9 Å². The molecule has 1 saturated heterocycles. The Bertz CT molecular complexity index is 1010. The number of rotatable bonds is 5. The topological polar surface area (TPSA) is 88.5 Å². The molecule has 1 aromatic carbocycles. The van der Waals surface area contributed by atoms with Crippen LogP contribution in [0.15, 0.2) is 30.3 Å². The smallest absolute Gasteiger partial charge is 0.334 e. The molecule has 7 nitrogen and oxygen atoms in total. The van der Waals surface area contributed by atoms with Gasteiger partial charge >= 0.3 is 5.69 Å². The third kappa shape index (κ3) is 4.26. The molecule has 0 radical (unpaired) electrons. The number of benzene rings is 1. The molecule has 0 amide bonds. The van der Waals surface area contributed by atoms with Crippen molar-refractivity contribution < 1.29 is 13.7 Å². The van der Waals surface area contributed by atoms with Crippen LogP contribution in [0.25, 0.3) is 0 Å². The standard InChI is InChI=1S/C20H21Cl2F2N5O2/c1-11-10-27(17(14-9-20(14,23)24)12-2-4-13(21)5-3-12)6-7-28(11)15-8-16(22)26-19(25)18(15)29(30)31/h2-5,8,11,14,17H,6-7,9-10H2,1H3,(H2,25,26). The van der Waals surface area contributed by atoms with E-state index >= 15 is 0 Å². The summed E-state index contributed by atoms with van der Waals surface area (Å²) in [5.41, 5.74) is 6.52. The number of nitrogens with zero attached hydrogens (tertiary/aromatic N) is 4. The molecule has 2 aliphatic rings. The number of anilines is 2. The van der Waals surface area contributed by atoms with Crippen LogP contribution < -0.4 is 10.6 Å². The molecule has 3 atom stereocenters. The van der Waals surface area contributed by atoms with Gasteiger partial charge in [-0.3, -0.25) is 15.0 Å². The van der Waals surface area contributed by atoms with Crippen molar-refractivity contribution in [1.29, 1.82) is 0 Å². The molecule has 1 saturated carbocycles. The van der Waals surface area contributed by atoms with Crippen LogP contribution in [0, 0.1) is 16.0 Å². The number of hydrogen-bond acceptors (Lipinski definition) is 6. The maximum atomic E-state index is 14.1. The van der Waals surface area contributed by atoms with Crippen LogP contribution in [-0.4, -0.2) is 46.4 Å². The average molecular weight is 472 g/mol. The Hall–Kier alpha value is -2.23. The highest BCUT2D eigenvalue weighted by Crippen LogP contribution is 2.57. The van der Waals surface area contributed by atoms with Gasteiger partial charge in [0, 0.05) is 55.1 Å². The lowest BCUT2D eigenvalue weighted by atomic mass is 9.98. The Morgan fingerprint density at radius 1 is 1.29 bits per heavy atom. The summed E-state index contributed by atoms with van der Waals surface area (Å²) in [5, 5.41) is 12.2. The zero-order valence-electron chi connectivity index (χ0n) is 16.6. The molecule has 0 bridgehead atoms. The summed E-state index contributed by atoms with van der Waals surface area (Å²) in [6.45, 7) is 3.17. The summed E-state index contributed by atoms with van der Waals surface area (Å²) in [6, 6.07) is 7.74. The van der Waals surface area contributed by atoms with E-state index in [1.165, 1.54) is 6.07 Å². The molecule has 1 aliphatic heterocycles. The number of halogens is 4. The summed E-state index contributed by atoms with van der Waals surface area (Å²) < 4.78 is 28.1. The minimum Gasteiger partial charge on any atom is -0.378 e. The number of piperazine rings is 1. The van der Waals surface area contributed by atoms with E-state index in [-0.39, 0.29) is 34.8 Å². The molecule has 166 valence electrons. The van der Waals surface area contributed by atoms with E-state index in [1.807, 2.05) is 16.7 Å². The highest BCUT2D eigenvalue weighted by atomic mass is 35.5. The predicted molar refractivity (Wildman–Crippen MR) is 116 cm³/mol. The second-order valence-corrected chi connectivity index (χ2v) is 8.88. The van der Waals surface area contributed by atoms with E-state index < -0.39 is 22.8 Å². The normalized spacial score (nSPS) is 24.1. The Labute approximate surface area is 187 Å². The fourth-order valence-electron chi connectivity index (χ4n) is 4.45. The Balaban J connectivity index is 1.61. The van der Waals surface area contributed by atoms with Gasteiger partial charge in [0.1, 0.15) is 10.8 Å². The molecule has 11 heteroatoms. The van der Waals surface area contributed by atoms with Gasteiger partial charge in [0.15, 0.2) is 0 Å². The molecule has 2 fully saturated rings. The molecule has 2 N–H and O–H groups in total. The van der Waals surface area contributed by atoms with Gasteiger partial charge < -0.3 is 10.6 Å². The van der Waals surface area contributed by atoms with Gasteiger partial charge in [-0.05, 0) is 24.6 Å². The number of nitro groups is 1. The lowest BCUT2D eigenvalue weighted by Gasteiger charge is -2.44. The molecule has 3 unspecified atom stereocenters. The zero-order chi connectivity index (χ0) is 22.5. The van der Waals surface area contributed by atoms with Crippen molar-refractivity contribution in [2.45, 2.75) is 31.4 Å². The molecule has 2 heterocycles. The molecule has 1 aromatic heterocycles. The Morgan fingerprint density at radius 2 is 1.94 bits per heavy atom. The first-order valence-corrected chi connectivity index (χ1v) is 10.6. The van der Waals surface area contributed by atoms with Gasteiger partial charge in [0.05, 0.1) is 4.92 Å². The van der Waals surface area contributed by atoms with Crippen molar-refractivity contribution in [3.63, 3.8) is 0 Å². The minimum atomic E-state index is -2.70. The minimum absolute atomic E-state index is 0.0596. The van der Waals surface area contributed by atoms with Crippen LogP contribution in [0.5, 0.6) is 0 Å². The lowest BCUT2D eigenvalue weighted by Crippen LogP contribution is -2.53. The summed E-state index contributed by atoms with van der Waals surface area (Å²) in [4.78, 5) is 18.6. The van der Waals surface area contributed by atoms with Gasteiger partial charge in [0.25, 0.3) is 5.92 Å². The largest absolute Gasteiger partial charge is 0.378 e. The fraction of sp³-hybridized carbons (Fsp3) is 0.450. The molecular formula is C20H21Cl2F2N5O2. The predicted octanol–water partition coefficient (Wildman–Crippen LogP) is 4.79. The SMILES string of the molecule is CC1CN(C(c2ccc(Cl)cc2)C2CC2(F)F)CCN1c1cc(Cl)nc(N)c1[N+](=O)[O-]. The number of nitrogen functional groups attached to an aromatic ring is 1. The first kappa shape index (κ1) is 22.0. The average Bonchev–Trinajstić information content (AvgIpc) is 3.30. The number of alkyl halides is 2. The third-order valence-electron chi connectivity index (χ3n) is 5.98. The molecule has 0 spiro atoms. The number of nitrogens with two attached hydrogens (primary N) is 1. The highest BCUT2D eigenvalue weighted by Gasteiger charge is 2.62. The second kappa shape index (κ2) is 8.03. The summed E-state index contributed by atoms with van der Waals surface area (Å²) in [5.74, 6) is -3.72. The van der Waals surface area contributed by atoms with Gasteiger partial charge in [-0.15, -0.1) is 0 Å². The molecule has 4 rings (SSSR count). The monoisotopic (exact) mass is 471 g/mol. The van der Waals surface area contributed by atoms with Crippen LogP contribution >= 0.6 is 23.2 Å². The maximum absolute atomic E-state index is 14.1. The van der Waals surface area contributed by atoms with Crippen LogP contribution in [0.4, 0.5) is 26.0 Å². The van der Waals surface area contributed by atoms with Crippen molar-refractivity contribution >= 4 is 40.4 Å². The lowest BCUT2D eigenvalue weighted by molar-refractivity contribution is -0.383. The molecule has 2 aromatic rings. The van der Waals surface area contributed by atoms with Crippen molar-refractivity contribution in [2.75, 3.05) is 30.3 Å². The number of pyridine rings is 1. The Kier molecular flexibility index (Phi) is 5.70. The number of hydrogen-bond donors (Lipinski definition) is 1. The fourth-order valence-corrected chi connectivity index (χ4v) is 4.77. The van der Waals surface area contributed by atoms with Crippen LogP contribution in [0.1, 0.15) is 24.9 Å². The highest BCUT2D eigenvalue weighted by molar-refractivity contribution is 6.30. The van der Waals surface area contributed by atoms with E-state index in [0.717, 1.165) is 5.56 Å². The van der Waals surface area contributed by atoms with Crippen molar-refractivity contribution in [1.82, 2.24) is 9.88 Å². The van der Waals surface area contributed by atoms with Gasteiger partial charge in [-0.25, -0.2) is 13.8 Å². The van der Waals surface area contributed by atoms with Crippen molar-refractivity contribution in [2.24, 2.45) is 5.92 Å². The van der Waals surface area contributed by atoms with Gasteiger partial charge in [-0.2, -0.15) is 0 Å². The van der Waals surface area contributed by atoms with E-state index in [0.29, 0.717) is 24.7 Å². The molecule has 31 heavy (non-hydrogen) atoms. The van der Waals surface area contributed by atoms with E-state index in [2.05, 4.69) is 4.98 Å². The quantitative estimate of drug-likeness (QED) is 0.383. The van der Waals surface area contributed by atoms with Crippen molar-refractivity contribution in [3.05, 3.63) is 56.2 Å². The maximum Gasteiger partial charge on any atom is 0.334 e. The second-order valence-electron chi connectivity index (χ2n) is 8.06. The van der Waals surface area contributed by atoms with Gasteiger partial charge in [0.2, 0.25) is 5.82 Å². The Morgan fingerprint density at radius 3 is 2.48 bits per heavy atom. The van der Waals surface area contributed by atoms with E-state index in [9.17, 15) is 18.9 Å². The zero-order valence-corrected chi connectivity index (χ0v) is 18.2. The summed E-state index contributed by atoms with van der Waals surface area (Å²) in [7, 11) is 0. The molecule has 1 aliphatic carbocycles. The third-order valence-corrected chi connectivity index (χ3v) is 6.43. The number of aromatic nitrogens is 1. The molecular weight excluding hydrogens is 451 g/mol. The first-order valence-electron chi connectivity index (χ1n) is 9.83.